The molecule has 4 rings (SSSR count). The molecule has 1 aliphatic rings. The van der Waals surface area contributed by atoms with Gasteiger partial charge in [-0.05, 0) is 25.1 Å². The number of carbonyl (C=O) groups excluding carboxylic acids is 1. The lowest BCUT2D eigenvalue weighted by atomic mass is 10.2. The molecule has 1 amide bonds. The van der Waals surface area contributed by atoms with Gasteiger partial charge in [0.1, 0.15) is 11.6 Å². The summed E-state index contributed by atoms with van der Waals surface area (Å²) in [7, 11) is 0. The molecule has 0 unspecified atom stereocenters. The summed E-state index contributed by atoms with van der Waals surface area (Å²) in [6.45, 7) is 3.95. The molecular weight excluding hydrogens is 416 g/mol. The zero-order valence-corrected chi connectivity index (χ0v) is 17.8. The smallest absolute Gasteiger partial charge is 0.258 e. The zero-order chi connectivity index (χ0) is 22.5. The summed E-state index contributed by atoms with van der Waals surface area (Å²) in [5, 5.41) is 11.5. The topological polar surface area (TPSA) is 72.3 Å². The number of ether oxygens (including phenoxy) is 1. The molecule has 1 N–H and O–H groups in total. The van der Waals surface area contributed by atoms with E-state index >= 15 is 0 Å². The van der Waals surface area contributed by atoms with Crippen LogP contribution in [0.4, 0.5) is 8.78 Å². The average molecular weight is 441 g/mol. The van der Waals surface area contributed by atoms with E-state index in [0.29, 0.717) is 49.7 Å². The minimum Gasteiger partial charge on any atom is -0.484 e. The van der Waals surface area contributed by atoms with E-state index in [1.807, 2.05) is 29.7 Å². The van der Waals surface area contributed by atoms with Gasteiger partial charge in [-0.1, -0.05) is 30.3 Å². The fraction of sp³-hybridized carbons (Fsp3) is 0.348. The van der Waals surface area contributed by atoms with Gasteiger partial charge in [0.05, 0.1) is 6.04 Å². The summed E-state index contributed by atoms with van der Waals surface area (Å²) in [6.07, 6.45) is 0.627. The molecule has 2 heterocycles. The van der Waals surface area contributed by atoms with Gasteiger partial charge in [-0.3, -0.25) is 9.69 Å². The van der Waals surface area contributed by atoms with E-state index in [2.05, 4.69) is 20.4 Å². The van der Waals surface area contributed by atoms with Crippen molar-refractivity contribution in [2.24, 2.45) is 0 Å². The third-order valence-electron chi connectivity index (χ3n) is 5.45. The lowest BCUT2D eigenvalue weighted by molar-refractivity contribution is -0.123. The molecule has 7 nitrogen and oxygen atoms in total. The van der Waals surface area contributed by atoms with Crippen molar-refractivity contribution in [1.29, 1.82) is 0 Å². The maximum atomic E-state index is 14.0. The largest absolute Gasteiger partial charge is 0.484 e. The van der Waals surface area contributed by atoms with E-state index in [1.165, 1.54) is 6.07 Å². The fourth-order valence-corrected chi connectivity index (χ4v) is 3.79. The standard InChI is InChI=1S/C23H25F2N5O2/c1-16(26-21(31)15-32-18-7-3-2-4-8-18)23-28-27-20-10-11-29(12-13-30(20)23)14-17-6-5-9-19(24)22(17)25/h2-9,16H,10-15H2,1H3,(H,26,31)/t16-/m1/s1. The number of hydrogen-bond acceptors (Lipinski definition) is 5. The normalized spacial score (nSPS) is 15.0. The van der Waals surface area contributed by atoms with Gasteiger partial charge >= 0.3 is 0 Å². The van der Waals surface area contributed by atoms with Crippen molar-refractivity contribution in [2.45, 2.75) is 32.5 Å². The van der Waals surface area contributed by atoms with Crippen LogP contribution in [0.1, 0.15) is 30.2 Å². The molecule has 2 aromatic carbocycles. The summed E-state index contributed by atoms with van der Waals surface area (Å²) in [5.41, 5.74) is 0.335. The molecule has 1 atom stereocenters. The zero-order valence-electron chi connectivity index (χ0n) is 17.8. The number of fused-ring (bicyclic) bond motifs is 1. The number of rotatable bonds is 7. The Morgan fingerprint density at radius 2 is 1.91 bits per heavy atom. The second-order valence-corrected chi connectivity index (χ2v) is 7.76. The summed E-state index contributed by atoms with van der Waals surface area (Å²) >= 11 is 0. The Morgan fingerprint density at radius 3 is 2.72 bits per heavy atom. The highest BCUT2D eigenvalue weighted by Gasteiger charge is 2.23. The molecule has 0 spiro atoms. The van der Waals surface area contributed by atoms with Crippen LogP contribution in [0.3, 0.4) is 0 Å². The lowest BCUT2D eigenvalue weighted by Crippen LogP contribution is -2.33. The second kappa shape index (κ2) is 9.86. The first kappa shape index (κ1) is 21.9. The van der Waals surface area contributed by atoms with Crippen LogP contribution >= 0.6 is 0 Å². The van der Waals surface area contributed by atoms with Gasteiger partial charge < -0.3 is 14.6 Å². The van der Waals surface area contributed by atoms with Crippen molar-refractivity contribution in [3.8, 4) is 5.75 Å². The van der Waals surface area contributed by atoms with E-state index in [4.69, 9.17) is 4.74 Å². The third kappa shape index (κ3) is 5.11. The van der Waals surface area contributed by atoms with Crippen molar-refractivity contribution in [2.75, 3.05) is 19.7 Å². The monoisotopic (exact) mass is 441 g/mol. The molecule has 0 fully saturated rings. The van der Waals surface area contributed by atoms with Crippen molar-refractivity contribution in [3.63, 3.8) is 0 Å². The molecule has 0 radical (unpaired) electrons. The number of nitrogens with one attached hydrogen (secondary N) is 1. The quantitative estimate of drug-likeness (QED) is 0.611. The Bertz CT molecular complexity index is 1070. The Balaban J connectivity index is 1.35. The molecule has 0 saturated carbocycles. The first-order chi connectivity index (χ1) is 15.5. The molecular formula is C23H25F2N5O2. The molecule has 0 saturated heterocycles. The molecule has 9 heteroatoms. The van der Waals surface area contributed by atoms with Crippen LogP contribution in [0.25, 0.3) is 0 Å². The third-order valence-corrected chi connectivity index (χ3v) is 5.45. The minimum atomic E-state index is -0.836. The van der Waals surface area contributed by atoms with E-state index in [1.54, 1.807) is 18.2 Å². The van der Waals surface area contributed by atoms with Gasteiger partial charge in [0.15, 0.2) is 24.1 Å². The number of halogens is 2. The molecule has 3 aromatic rings. The van der Waals surface area contributed by atoms with Gasteiger partial charge in [0.2, 0.25) is 0 Å². The predicted octanol–water partition coefficient (Wildman–Crippen LogP) is 2.87. The van der Waals surface area contributed by atoms with Crippen molar-refractivity contribution in [3.05, 3.63) is 77.4 Å². The van der Waals surface area contributed by atoms with Crippen molar-refractivity contribution < 1.29 is 18.3 Å². The fourth-order valence-electron chi connectivity index (χ4n) is 3.79. The Kier molecular flexibility index (Phi) is 6.75. The van der Waals surface area contributed by atoms with Gasteiger partial charge in [-0.25, -0.2) is 8.78 Å². The Labute approximate surface area is 185 Å². The van der Waals surface area contributed by atoms with E-state index in [-0.39, 0.29) is 18.6 Å². The predicted molar refractivity (Wildman–Crippen MR) is 114 cm³/mol. The van der Waals surface area contributed by atoms with Crippen LogP contribution in [0.5, 0.6) is 5.75 Å². The van der Waals surface area contributed by atoms with Crippen LogP contribution < -0.4 is 10.1 Å². The molecule has 32 heavy (non-hydrogen) atoms. The van der Waals surface area contributed by atoms with Gasteiger partial charge in [-0.2, -0.15) is 0 Å². The number of hydrogen-bond donors (Lipinski definition) is 1. The number of carbonyl (C=O) groups is 1. The van der Waals surface area contributed by atoms with Crippen LogP contribution in [-0.4, -0.2) is 45.3 Å². The van der Waals surface area contributed by atoms with E-state index in [9.17, 15) is 13.6 Å². The first-order valence-corrected chi connectivity index (χ1v) is 10.6. The van der Waals surface area contributed by atoms with Gasteiger partial charge in [-0.15, -0.1) is 10.2 Å². The number of para-hydroxylation sites is 1. The minimum absolute atomic E-state index is 0.0949. The van der Waals surface area contributed by atoms with Gasteiger partial charge in [0, 0.05) is 38.2 Å². The van der Waals surface area contributed by atoms with Crippen molar-refractivity contribution >= 4 is 5.91 Å². The van der Waals surface area contributed by atoms with Gasteiger partial charge in [0.25, 0.3) is 5.91 Å². The first-order valence-electron chi connectivity index (χ1n) is 10.6. The highest BCUT2D eigenvalue weighted by atomic mass is 19.2. The summed E-state index contributed by atoms with van der Waals surface area (Å²) in [4.78, 5) is 14.4. The van der Waals surface area contributed by atoms with Crippen molar-refractivity contribution in [1.82, 2.24) is 25.0 Å². The molecule has 168 valence electrons. The number of nitrogens with zero attached hydrogens (tertiary/aromatic N) is 4. The summed E-state index contributed by atoms with van der Waals surface area (Å²) in [6, 6.07) is 13.0. The van der Waals surface area contributed by atoms with E-state index in [0.717, 1.165) is 11.9 Å². The summed E-state index contributed by atoms with van der Waals surface area (Å²) in [5.74, 6) is 0.205. The lowest BCUT2D eigenvalue weighted by Gasteiger charge is -2.20. The Morgan fingerprint density at radius 1 is 1.09 bits per heavy atom. The number of aromatic nitrogens is 3. The highest BCUT2D eigenvalue weighted by Crippen LogP contribution is 2.19. The van der Waals surface area contributed by atoms with Crippen LogP contribution in [0.15, 0.2) is 48.5 Å². The second-order valence-electron chi connectivity index (χ2n) is 7.76. The average Bonchev–Trinajstić information content (AvgIpc) is 3.10. The maximum Gasteiger partial charge on any atom is 0.258 e. The maximum absolute atomic E-state index is 14.0. The Hall–Kier alpha value is -3.33. The SMILES string of the molecule is C[C@@H](NC(=O)COc1ccccc1)c1nnc2n1CCN(Cc1cccc(F)c1F)CC2. The summed E-state index contributed by atoms with van der Waals surface area (Å²) < 4.78 is 35.0. The van der Waals surface area contributed by atoms with E-state index < -0.39 is 11.6 Å². The van der Waals surface area contributed by atoms with Crippen LogP contribution in [0, 0.1) is 11.6 Å². The van der Waals surface area contributed by atoms with Crippen LogP contribution in [-0.2, 0) is 24.3 Å². The molecule has 1 aliphatic heterocycles. The molecule has 0 bridgehead atoms. The number of benzene rings is 2. The molecule has 0 aliphatic carbocycles. The number of amides is 1. The highest BCUT2D eigenvalue weighted by molar-refractivity contribution is 5.77. The molecule has 1 aromatic heterocycles. The van der Waals surface area contributed by atoms with Crippen LogP contribution in [0.2, 0.25) is 0 Å².